The van der Waals surface area contributed by atoms with Gasteiger partial charge in [-0.15, -0.1) is 0 Å². The highest BCUT2D eigenvalue weighted by Crippen LogP contribution is 1.96. The highest BCUT2D eigenvalue weighted by Gasteiger charge is 2.21. The Balaban J connectivity index is 2.68. The molecule has 0 saturated carbocycles. The van der Waals surface area contributed by atoms with E-state index in [0.29, 0.717) is 0 Å². The van der Waals surface area contributed by atoms with Gasteiger partial charge in [0.15, 0.2) is 0 Å². The van der Waals surface area contributed by atoms with Crippen LogP contribution >= 0.6 is 0 Å². The second-order valence-electron chi connectivity index (χ2n) is 3.50. The number of amides is 1. The smallest absolute Gasteiger partial charge is 0.325 e. The predicted octanol–water partition coefficient (Wildman–Crippen LogP) is -1.55. The molecule has 19 heavy (non-hydrogen) atoms. The molecular weight excluding hydrogens is 256 g/mol. The molecule has 0 bridgehead atoms. The van der Waals surface area contributed by atoms with Gasteiger partial charge in [0, 0.05) is 0 Å². The van der Waals surface area contributed by atoms with Crippen LogP contribution in [0.25, 0.3) is 0 Å². The largest absolute Gasteiger partial charge is 0.468 e. The quantitative estimate of drug-likeness (QED) is 0.576. The van der Waals surface area contributed by atoms with Crippen molar-refractivity contribution in [3.05, 3.63) is 12.7 Å². The molecule has 0 aliphatic heterocycles. The van der Waals surface area contributed by atoms with Crippen LogP contribution in [0.2, 0.25) is 0 Å². The minimum absolute atomic E-state index is 0.131. The molecule has 0 atom stereocenters. The van der Waals surface area contributed by atoms with E-state index in [-0.39, 0.29) is 19.6 Å². The van der Waals surface area contributed by atoms with Crippen LogP contribution < -0.4 is 0 Å². The molecular formula is C10H14N4O5. The Morgan fingerprint density at radius 2 is 1.74 bits per heavy atom. The van der Waals surface area contributed by atoms with Crippen molar-refractivity contribution in [1.82, 2.24) is 19.7 Å². The molecule has 1 aromatic heterocycles. The first kappa shape index (κ1) is 14.6. The topological polar surface area (TPSA) is 104 Å². The van der Waals surface area contributed by atoms with Crippen molar-refractivity contribution in [2.45, 2.75) is 6.54 Å². The van der Waals surface area contributed by atoms with Crippen molar-refractivity contribution in [2.75, 3.05) is 27.3 Å². The van der Waals surface area contributed by atoms with Gasteiger partial charge in [-0.1, -0.05) is 0 Å². The summed E-state index contributed by atoms with van der Waals surface area (Å²) in [6.07, 6.45) is 2.63. The van der Waals surface area contributed by atoms with E-state index in [1.807, 2.05) is 0 Å². The molecule has 0 aliphatic rings. The molecule has 0 fully saturated rings. The Hall–Kier alpha value is -2.45. The summed E-state index contributed by atoms with van der Waals surface area (Å²) < 4.78 is 10.2. The first-order valence-electron chi connectivity index (χ1n) is 5.30. The number of carbonyl (C=O) groups excluding carboxylic acids is 3. The van der Waals surface area contributed by atoms with Crippen LogP contribution in [0, 0.1) is 0 Å². The first-order chi connectivity index (χ1) is 9.06. The number of esters is 2. The van der Waals surface area contributed by atoms with Gasteiger partial charge in [0.2, 0.25) is 5.91 Å². The van der Waals surface area contributed by atoms with Crippen LogP contribution in [-0.2, 0) is 30.4 Å². The Bertz CT molecular complexity index is 427. The Kier molecular flexibility index (Phi) is 5.45. The summed E-state index contributed by atoms with van der Waals surface area (Å²) >= 11 is 0. The Labute approximate surface area is 109 Å². The normalized spacial score (nSPS) is 9.79. The highest BCUT2D eigenvalue weighted by molar-refractivity contribution is 5.85. The number of nitrogens with zero attached hydrogens (tertiary/aromatic N) is 4. The number of carbonyl (C=O) groups is 3. The van der Waals surface area contributed by atoms with Gasteiger partial charge < -0.3 is 14.4 Å². The first-order valence-corrected chi connectivity index (χ1v) is 5.30. The van der Waals surface area contributed by atoms with E-state index < -0.39 is 17.8 Å². The molecule has 0 radical (unpaired) electrons. The number of methoxy groups -OCH3 is 2. The van der Waals surface area contributed by atoms with Crippen molar-refractivity contribution >= 4 is 17.8 Å². The molecule has 104 valence electrons. The zero-order valence-corrected chi connectivity index (χ0v) is 10.6. The summed E-state index contributed by atoms with van der Waals surface area (Å²) in [6.45, 7) is -0.799. The standard InChI is InChI=1S/C10H14N4O5/c1-18-9(16)4-13(5-10(17)19-2)8(15)3-14-7-11-6-12-14/h6-7H,3-5H2,1-2H3. The summed E-state index contributed by atoms with van der Waals surface area (Å²) in [7, 11) is 2.39. The van der Waals surface area contributed by atoms with Gasteiger partial charge in [-0.05, 0) is 0 Å². The monoisotopic (exact) mass is 270 g/mol. The zero-order chi connectivity index (χ0) is 14.3. The maximum atomic E-state index is 11.9. The summed E-state index contributed by atoms with van der Waals surface area (Å²) in [5.74, 6) is -1.73. The van der Waals surface area contributed by atoms with Crippen molar-refractivity contribution in [2.24, 2.45) is 0 Å². The van der Waals surface area contributed by atoms with Gasteiger partial charge in [-0.3, -0.25) is 14.4 Å². The number of hydrogen-bond acceptors (Lipinski definition) is 7. The Morgan fingerprint density at radius 1 is 1.16 bits per heavy atom. The van der Waals surface area contributed by atoms with Gasteiger partial charge in [-0.2, -0.15) is 5.10 Å². The summed E-state index contributed by atoms with van der Waals surface area (Å²) in [5.41, 5.74) is 0. The average Bonchev–Trinajstić information content (AvgIpc) is 2.90. The molecule has 1 heterocycles. The average molecular weight is 270 g/mol. The zero-order valence-electron chi connectivity index (χ0n) is 10.6. The van der Waals surface area contributed by atoms with Crippen LogP contribution in [0.15, 0.2) is 12.7 Å². The minimum atomic E-state index is -0.629. The van der Waals surface area contributed by atoms with Crippen molar-refractivity contribution < 1.29 is 23.9 Å². The third-order valence-electron chi connectivity index (χ3n) is 2.21. The van der Waals surface area contributed by atoms with Crippen molar-refractivity contribution in [3.8, 4) is 0 Å². The second kappa shape index (κ2) is 7.09. The molecule has 1 aromatic rings. The molecule has 1 rings (SSSR count). The van der Waals surface area contributed by atoms with Crippen molar-refractivity contribution in [1.29, 1.82) is 0 Å². The molecule has 0 spiro atoms. The maximum Gasteiger partial charge on any atom is 0.325 e. The lowest BCUT2D eigenvalue weighted by Crippen LogP contribution is -2.41. The van der Waals surface area contributed by atoms with E-state index in [1.165, 1.54) is 31.6 Å². The van der Waals surface area contributed by atoms with E-state index in [1.54, 1.807) is 0 Å². The summed E-state index contributed by atoms with van der Waals surface area (Å²) in [6, 6.07) is 0. The molecule has 9 nitrogen and oxygen atoms in total. The number of ether oxygens (including phenoxy) is 2. The fraction of sp³-hybridized carbons (Fsp3) is 0.500. The van der Waals surface area contributed by atoms with Crippen LogP contribution in [0.3, 0.4) is 0 Å². The summed E-state index contributed by atoms with van der Waals surface area (Å²) in [5, 5.41) is 3.76. The number of hydrogen-bond donors (Lipinski definition) is 0. The predicted molar refractivity (Wildman–Crippen MR) is 60.6 cm³/mol. The minimum Gasteiger partial charge on any atom is -0.468 e. The third-order valence-corrected chi connectivity index (χ3v) is 2.21. The van der Waals surface area contributed by atoms with Gasteiger partial charge in [0.25, 0.3) is 0 Å². The number of aromatic nitrogens is 3. The molecule has 1 amide bonds. The lowest BCUT2D eigenvalue weighted by molar-refractivity contribution is -0.152. The maximum absolute atomic E-state index is 11.9. The fourth-order valence-corrected chi connectivity index (χ4v) is 1.23. The molecule has 0 aromatic carbocycles. The number of rotatable bonds is 6. The van der Waals surface area contributed by atoms with Gasteiger partial charge in [0.05, 0.1) is 14.2 Å². The van der Waals surface area contributed by atoms with Gasteiger partial charge >= 0.3 is 11.9 Å². The van der Waals surface area contributed by atoms with E-state index in [2.05, 4.69) is 19.6 Å². The van der Waals surface area contributed by atoms with Gasteiger partial charge in [0.1, 0.15) is 32.3 Å². The fourth-order valence-electron chi connectivity index (χ4n) is 1.23. The lowest BCUT2D eigenvalue weighted by atomic mass is 10.4. The van der Waals surface area contributed by atoms with E-state index in [4.69, 9.17) is 0 Å². The van der Waals surface area contributed by atoms with Crippen LogP contribution in [-0.4, -0.2) is 64.8 Å². The van der Waals surface area contributed by atoms with Crippen LogP contribution in [0.5, 0.6) is 0 Å². The lowest BCUT2D eigenvalue weighted by Gasteiger charge is -2.19. The van der Waals surface area contributed by atoms with E-state index >= 15 is 0 Å². The molecule has 0 unspecified atom stereocenters. The van der Waals surface area contributed by atoms with Crippen LogP contribution in [0.4, 0.5) is 0 Å². The van der Waals surface area contributed by atoms with E-state index in [9.17, 15) is 14.4 Å². The molecule has 0 aliphatic carbocycles. The highest BCUT2D eigenvalue weighted by atomic mass is 16.5. The second-order valence-corrected chi connectivity index (χ2v) is 3.50. The van der Waals surface area contributed by atoms with Crippen LogP contribution in [0.1, 0.15) is 0 Å². The summed E-state index contributed by atoms with van der Waals surface area (Å²) in [4.78, 5) is 39.0. The molecule has 0 saturated heterocycles. The third kappa shape index (κ3) is 4.74. The molecule has 9 heteroatoms. The molecule has 0 N–H and O–H groups in total. The van der Waals surface area contributed by atoms with Gasteiger partial charge in [-0.25, -0.2) is 9.67 Å². The van der Waals surface area contributed by atoms with Crippen molar-refractivity contribution in [3.63, 3.8) is 0 Å². The van der Waals surface area contributed by atoms with E-state index in [0.717, 1.165) is 4.90 Å². The SMILES string of the molecule is COC(=O)CN(CC(=O)OC)C(=O)Cn1cncn1. The Morgan fingerprint density at radius 3 is 2.16 bits per heavy atom.